The van der Waals surface area contributed by atoms with E-state index in [4.69, 9.17) is 9.47 Å². The van der Waals surface area contributed by atoms with Crippen LogP contribution in [-0.4, -0.2) is 48.2 Å². The molecule has 0 aromatic heterocycles. The maximum atomic E-state index is 11.9. The van der Waals surface area contributed by atoms with E-state index in [-0.39, 0.29) is 12.2 Å². The number of alkyl halides is 1. The molecule has 1 aliphatic rings. The van der Waals surface area contributed by atoms with Crippen molar-refractivity contribution in [2.45, 2.75) is 38.9 Å². The molecule has 17 heavy (non-hydrogen) atoms. The van der Waals surface area contributed by atoms with Crippen LogP contribution in [0.15, 0.2) is 0 Å². The van der Waals surface area contributed by atoms with Gasteiger partial charge in [0, 0.05) is 19.0 Å². The molecule has 1 amide bonds. The van der Waals surface area contributed by atoms with Gasteiger partial charge in [0.1, 0.15) is 5.60 Å². The van der Waals surface area contributed by atoms with Crippen molar-refractivity contribution in [3.63, 3.8) is 0 Å². The summed E-state index contributed by atoms with van der Waals surface area (Å²) in [6.45, 7) is 6.99. The summed E-state index contributed by atoms with van der Waals surface area (Å²) in [4.78, 5) is 13.6. The number of carbonyl (C=O) groups excluding carboxylic acids is 1. The van der Waals surface area contributed by atoms with Gasteiger partial charge in [0.2, 0.25) is 0 Å². The summed E-state index contributed by atoms with van der Waals surface area (Å²) in [7, 11) is 1.69. The summed E-state index contributed by atoms with van der Waals surface area (Å²) in [5, 5.41) is 0.910. The maximum absolute atomic E-state index is 11.9. The molecule has 2 unspecified atom stereocenters. The van der Waals surface area contributed by atoms with Gasteiger partial charge in [-0.25, -0.2) is 4.79 Å². The molecule has 100 valence electrons. The number of hydrogen-bond acceptors (Lipinski definition) is 3. The van der Waals surface area contributed by atoms with E-state index in [9.17, 15) is 4.79 Å². The largest absolute Gasteiger partial charge is 0.444 e. The van der Waals surface area contributed by atoms with Gasteiger partial charge in [-0.1, -0.05) is 15.9 Å². The minimum absolute atomic E-state index is 0.0932. The Hall–Kier alpha value is -0.290. The van der Waals surface area contributed by atoms with E-state index in [1.54, 1.807) is 12.0 Å². The third-order valence-electron chi connectivity index (χ3n) is 2.85. The molecule has 4 nitrogen and oxygen atoms in total. The molecular weight excluding hydrogens is 286 g/mol. The Morgan fingerprint density at radius 3 is 2.59 bits per heavy atom. The highest BCUT2D eigenvalue weighted by atomic mass is 79.9. The highest BCUT2D eigenvalue weighted by Crippen LogP contribution is 2.23. The molecule has 0 spiro atoms. The van der Waals surface area contributed by atoms with Crippen molar-refractivity contribution >= 4 is 22.0 Å². The van der Waals surface area contributed by atoms with Crippen molar-refractivity contribution in [3.8, 4) is 0 Å². The van der Waals surface area contributed by atoms with Crippen molar-refractivity contribution in [1.82, 2.24) is 4.90 Å². The molecule has 0 aliphatic carbocycles. The van der Waals surface area contributed by atoms with Gasteiger partial charge in [0.05, 0.1) is 12.6 Å². The average molecular weight is 308 g/mol. The molecule has 1 rings (SSSR count). The van der Waals surface area contributed by atoms with Crippen LogP contribution in [0.2, 0.25) is 0 Å². The monoisotopic (exact) mass is 307 g/mol. The predicted molar refractivity (Wildman–Crippen MR) is 70.5 cm³/mol. The van der Waals surface area contributed by atoms with Crippen molar-refractivity contribution in [2.24, 2.45) is 5.92 Å². The molecule has 1 saturated heterocycles. The van der Waals surface area contributed by atoms with Gasteiger partial charge >= 0.3 is 6.09 Å². The second-order valence-corrected chi connectivity index (χ2v) is 6.05. The molecule has 0 radical (unpaired) electrons. The highest BCUT2D eigenvalue weighted by Gasteiger charge is 2.32. The molecule has 0 aromatic carbocycles. The zero-order valence-corrected chi connectivity index (χ0v) is 12.6. The number of carbonyl (C=O) groups is 1. The zero-order chi connectivity index (χ0) is 13.1. The van der Waals surface area contributed by atoms with Crippen LogP contribution in [0.25, 0.3) is 0 Å². The number of methoxy groups -OCH3 is 1. The number of rotatable bonds is 2. The van der Waals surface area contributed by atoms with Crippen LogP contribution in [0.1, 0.15) is 27.2 Å². The first kappa shape index (κ1) is 14.8. The van der Waals surface area contributed by atoms with E-state index < -0.39 is 5.60 Å². The standard InChI is InChI=1S/C12H22BrNO3/c1-12(2,3)17-11(15)14-6-5-9(7-13)10(8-14)16-4/h9-10H,5-8H2,1-4H3. The maximum Gasteiger partial charge on any atom is 0.410 e. The van der Waals surface area contributed by atoms with Crippen LogP contribution in [0.4, 0.5) is 4.79 Å². The van der Waals surface area contributed by atoms with Gasteiger partial charge in [-0.2, -0.15) is 0 Å². The second-order valence-electron chi connectivity index (χ2n) is 5.40. The van der Waals surface area contributed by atoms with Gasteiger partial charge in [0.25, 0.3) is 0 Å². The normalized spacial score (nSPS) is 25.8. The van der Waals surface area contributed by atoms with E-state index >= 15 is 0 Å². The summed E-state index contributed by atoms with van der Waals surface area (Å²) in [5.41, 5.74) is -0.439. The first-order valence-corrected chi connectivity index (χ1v) is 7.06. The van der Waals surface area contributed by atoms with Gasteiger partial charge in [-0.05, 0) is 33.1 Å². The summed E-state index contributed by atoms with van der Waals surface area (Å²) in [6.07, 6.45) is 0.798. The number of nitrogens with zero attached hydrogens (tertiary/aromatic N) is 1. The third-order valence-corrected chi connectivity index (χ3v) is 3.68. The SMILES string of the molecule is COC1CN(C(=O)OC(C)(C)C)CCC1CBr. The van der Waals surface area contributed by atoms with Crippen LogP contribution in [0, 0.1) is 5.92 Å². The third kappa shape index (κ3) is 4.47. The van der Waals surface area contributed by atoms with Crippen molar-refractivity contribution in [2.75, 3.05) is 25.5 Å². The number of amides is 1. The fraction of sp³-hybridized carbons (Fsp3) is 0.917. The first-order valence-electron chi connectivity index (χ1n) is 5.94. The average Bonchev–Trinajstić information content (AvgIpc) is 2.25. The Morgan fingerprint density at radius 1 is 1.47 bits per heavy atom. The van der Waals surface area contributed by atoms with Gasteiger partial charge in [-0.15, -0.1) is 0 Å². The molecule has 0 N–H and O–H groups in total. The number of piperidine rings is 1. The van der Waals surface area contributed by atoms with Crippen molar-refractivity contribution in [3.05, 3.63) is 0 Å². The Kier molecular flexibility index (Phi) is 5.25. The smallest absolute Gasteiger partial charge is 0.410 e. The lowest BCUT2D eigenvalue weighted by Gasteiger charge is -2.37. The summed E-state index contributed by atoms with van der Waals surface area (Å²) in [6, 6.07) is 0. The highest BCUT2D eigenvalue weighted by molar-refractivity contribution is 9.09. The van der Waals surface area contributed by atoms with E-state index in [1.807, 2.05) is 20.8 Å². The van der Waals surface area contributed by atoms with Crippen LogP contribution in [-0.2, 0) is 9.47 Å². The fourth-order valence-corrected chi connectivity index (χ4v) is 2.64. The topological polar surface area (TPSA) is 38.8 Å². The van der Waals surface area contributed by atoms with Gasteiger partial charge < -0.3 is 14.4 Å². The minimum Gasteiger partial charge on any atom is -0.444 e. The minimum atomic E-state index is -0.439. The molecular formula is C12H22BrNO3. The van der Waals surface area contributed by atoms with Crippen LogP contribution < -0.4 is 0 Å². The molecule has 0 saturated carbocycles. The summed E-state index contributed by atoms with van der Waals surface area (Å²) >= 11 is 3.48. The van der Waals surface area contributed by atoms with Crippen LogP contribution in [0.3, 0.4) is 0 Å². The van der Waals surface area contributed by atoms with Gasteiger partial charge in [-0.3, -0.25) is 0 Å². The van der Waals surface area contributed by atoms with E-state index in [2.05, 4.69) is 15.9 Å². The number of hydrogen-bond donors (Lipinski definition) is 0. The predicted octanol–water partition coefficient (Wildman–Crippen LogP) is 2.65. The van der Waals surface area contributed by atoms with Crippen LogP contribution in [0.5, 0.6) is 0 Å². The molecule has 0 aromatic rings. The van der Waals surface area contributed by atoms with E-state index in [0.29, 0.717) is 12.5 Å². The van der Waals surface area contributed by atoms with Crippen molar-refractivity contribution < 1.29 is 14.3 Å². The lowest BCUT2D eigenvalue weighted by atomic mass is 9.96. The molecule has 5 heteroatoms. The quantitative estimate of drug-likeness (QED) is 0.736. The second kappa shape index (κ2) is 6.05. The molecule has 2 atom stereocenters. The Bertz CT molecular complexity index is 265. The lowest BCUT2D eigenvalue weighted by Crippen LogP contribution is -2.49. The summed E-state index contributed by atoms with van der Waals surface area (Å²) < 4.78 is 10.8. The molecule has 1 heterocycles. The Morgan fingerprint density at radius 2 is 2.12 bits per heavy atom. The lowest BCUT2D eigenvalue weighted by molar-refractivity contribution is -0.0235. The van der Waals surface area contributed by atoms with Crippen LogP contribution >= 0.6 is 15.9 Å². The Labute approximate surface area is 112 Å². The Balaban J connectivity index is 2.54. The number of ether oxygens (including phenoxy) is 2. The molecule has 0 bridgehead atoms. The molecule has 1 aliphatic heterocycles. The fourth-order valence-electron chi connectivity index (χ4n) is 1.90. The van der Waals surface area contributed by atoms with Crippen molar-refractivity contribution in [1.29, 1.82) is 0 Å². The molecule has 1 fully saturated rings. The summed E-state index contributed by atoms with van der Waals surface area (Å²) in [5.74, 6) is 0.471. The number of halogens is 1. The van der Waals surface area contributed by atoms with E-state index in [0.717, 1.165) is 18.3 Å². The van der Waals surface area contributed by atoms with E-state index in [1.165, 1.54) is 0 Å². The number of likely N-dealkylation sites (tertiary alicyclic amines) is 1. The zero-order valence-electron chi connectivity index (χ0n) is 11.0. The van der Waals surface area contributed by atoms with Gasteiger partial charge in [0.15, 0.2) is 0 Å². The first-order chi connectivity index (χ1) is 7.87.